The standard InChI is InChI=1S/C15H21NO3/c1-3-13(11-4-6-12(17)7-5-11)16-9-8-10(2)14(16)15(18)19/h4-7,10,13-14,17H,3,8-9H2,1-2H3,(H,18,19). The minimum atomic E-state index is -0.734. The number of likely N-dealkylation sites (tertiary alicyclic amines) is 1. The summed E-state index contributed by atoms with van der Waals surface area (Å²) in [6.45, 7) is 4.89. The average molecular weight is 263 g/mol. The van der Waals surface area contributed by atoms with E-state index in [1.807, 2.05) is 19.1 Å². The molecule has 1 aliphatic rings. The van der Waals surface area contributed by atoms with E-state index in [1.165, 1.54) is 0 Å². The fourth-order valence-corrected chi connectivity index (χ4v) is 3.07. The van der Waals surface area contributed by atoms with Gasteiger partial charge in [-0.15, -0.1) is 0 Å². The number of hydrogen-bond donors (Lipinski definition) is 2. The topological polar surface area (TPSA) is 60.8 Å². The van der Waals surface area contributed by atoms with Crippen molar-refractivity contribution in [3.8, 4) is 5.75 Å². The third-order valence-electron chi connectivity index (χ3n) is 4.06. The number of nitrogens with zero attached hydrogens (tertiary/aromatic N) is 1. The molecular weight excluding hydrogens is 242 g/mol. The number of carboxylic acid groups (broad SMARTS) is 1. The van der Waals surface area contributed by atoms with Crippen LogP contribution in [0, 0.1) is 5.92 Å². The van der Waals surface area contributed by atoms with Gasteiger partial charge in [0.05, 0.1) is 0 Å². The number of aromatic hydroxyl groups is 1. The number of aliphatic carboxylic acids is 1. The lowest BCUT2D eigenvalue weighted by Crippen LogP contribution is -2.41. The lowest BCUT2D eigenvalue weighted by atomic mass is 9.99. The first kappa shape index (κ1) is 13.9. The molecule has 0 radical (unpaired) electrons. The van der Waals surface area contributed by atoms with Crippen LogP contribution >= 0.6 is 0 Å². The lowest BCUT2D eigenvalue weighted by Gasteiger charge is -2.31. The molecule has 1 heterocycles. The molecule has 104 valence electrons. The summed E-state index contributed by atoms with van der Waals surface area (Å²) in [6.07, 6.45) is 1.78. The fraction of sp³-hybridized carbons (Fsp3) is 0.533. The molecule has 0 spiro atoms. The van der Waals surface area contributed by atoms with E-state index < -0.39 is 12.0 Å². The molecule has 0 amide bonds. The van der Waals surface area contributed by atoms with E-state index in [4.69, 9.17) is 0 Å². The van der Waals surface area contributed by atoms with Crippen LogP contribution in [0.1, 0.15) is 38.3 Å². The molecule has 1 saturated heterocycles. The van der Waals surface area contributed by atoms with Gasteiger partial charge >= 0.3 is 5.97 Å². The quantitative estimate of drug-likeness (QED) is 0.876. The van der Waals surface area contributed by atoms with Crippen LogP contribution in [-0.4, -0.2) is 33.7 Å². The van der Waals surface area contributed by atoms with Crippen molar-refractivity contribution >= 4 is 5.97 Å². The maximum Gasteiger partial charge on any atom is 0.321 e. The van der Waals surface area contributed by atoms with Crippen LogP contribution in [0.5, 0.6) is 5.75 Å². The number of benzene rings is 1. The van der Waals surface area contributed by atoms with Gasteiger partial charge in [0.2, 0.25) is 0 Å². The van der Waals surface area contributed by atoms with Crippen molar-refractivity contribution in [1.82, 2.24) is 4.90 Å². The minimum absolute atomic E-state index is 0.103. The summed E-state index contributed by atoms with van der Waals surface area (Å²) in [6, 6.07) is 6.78. The SMILES string of the molecule is CCC(c1ccc(O)cc1)N1CCC(C)C1C(=O)O. The normalized spacial score (nSPS) is 25.4. The van der Waals surface area contributed by atoms with E-state index in [9.17, 15) is 15.0 Å². The van der Waals surface area contributed by atoms with Gasteiger partial charge in [-0.3, -0.25) is 9.69 Å². The second-order valence-electron chi connectivity index (χ2n) is 5.30. The van der Waals surface area contributed by atoms with Gasteiger partial charge in [0.1, 0.15) is 11.8 Å². The number of phenolic OH excluding ortho intramolecular Hbond substituents is 1. The van der Waals surface area contributed by atoms with Gasteiger partial charge in [0, 0.05) is 6.04 Å². The lowest BCUT2D eigenvalue weighted by molar-refractivity contribution is -0.144. The largest absolute Gasteiger partial charge is 0.508 e. The summed E-state index contributed by atoms with van der Waals surface area (Å²) in [5, 5.41) is 18.8. The number of carboxylic acids is 1. The van der Waals surface area contributed by atoms with Gasteiger partial charge in [-0.05, 0) is 43.0 Å². The van der Waals surface area contributed by atoms with E-state index in [-0.39, 0.29) is 17.7 Å². The smallest absolute Gasteiger partial charge is 0.321 e. The predicted molar refractivity (Wildman–Crippen MR) is 73.0 cm³/mol. The second kappa shape index (κ2) is 5.61. The second-order valence-corrected chi connectivity index (χ2v) is 5.30. The summed E-state index contributed by atoms with van der Waals surface area (Å²) < 4.78 is 0. The molecule has 1 aliphatic heterocycles. The zero-order chi connectivity index (χ0) is 14.0. The highest BCUT2D eigenvalue weighted by Gasteiger charge is 2.40. The summed E-state index contributed by atoms with van der Waals surface area (Å²) >= 11 is 0. The number of hydrogen-bond acceptors (Lipinski definition) is 3. The Balaban J connectivity index is 2.26. The molecule has 1 aromatic rings. The van der Waals surface area contributed by atoms with Gasteiger partial charge < -0.3 is 10.2 Å². The van der Waals surface area contributed by atoms with Crippen LogP contribution in [0.4, 0.5) is 0 Å². The van der Waals surface area contributed by atoms with Crippen molar-refractivity contribution in [3.05, 3.63) is 29.8 Å². The molecular formula is C15H21NO3. The van der Waals surface area contributed by atoms with Crippen LogP contribution in [0.25, 0.3) is 0 Å². The highest BCUT2D eigenvalue weighted by Crippen LogP contribution is 2.35. The molecule has 0 saturated carbocycles. The van der Waals surface area contributed by atoms with Crippen molar-refractivity contribution in [1.29, 1.82) is 0 Å². The van der Waals surface area contributed by atoms with Crippen LogP contribution in [0.2, 0.25) is 0 Å². The third kappa shape index (κ3) is 2.73. The Bertz CT molecular complexity index is 443. The molecule has 19 heavy (non-hydrogen) atoms. The van der Waals surface area contributed by atoms with E-state index >= 15 is 0 Å². The monoisotopic (exact) mass is 263 g/mol. The van der Waals surface area contributed by atoms with E-state index in [1.54, 1.807) is 12.1 Å². The minimum Gasteiger partial charge on any atom is -0.508 e. The fourth-order valence-electron chi connectivity index (χ4n) is 3.07. The molecule has 2 N–H and O–H groups in total. The molecule has 3 unspecified atom stereocenters. The summed E-state index contributed by atoms with van der Waals surface area (Å²) in [7, 11) is 0. The predicted octanol–water partition coefficient (Wildman–Crippen LogP) is 2.64. The third-order valence-corrected chi connectivity index (χ3v) is 4.06. The van der Waals surface area contributed by atoms with E-state index in [0.717, 1.165) is 24.9 Å². The first-order chi connectivity index (χ1) is 9.04. The molecule has 3 atom stereocenters. The molecule has 0 aromatic heterocycles. The van der Waals surface area contributed by atoms with Crippen molar-refractivity contribution < 1.29 is 15.0 Å². The summed E-state index contributed by atoms with van der Waals surface area (Å²) in [5.74, 6) is -0.311. The molecule has 0 aliphatic carbocycles. The van der Waals surface area contributed by atoms with Crippen LogP contribution in [0.3, 0.4) is 0 Å². The maximum atomic E-state index is 11.4. The van der Waals surface area contributed by atoms with Crippen LogP contribution in [0.15, 0.2) is 24.3 Å². The van der Waals surface area contributed by atoms with E-state index in [0.29, 0.717) is 0 Å². The van der Waals surface area contributed by atoms with Crippen molar-refractivity contribution in [2.45, 2.75) is 38.8 Å². The highest BCUT2D eigenvalue weighted by atomic mass is 16.4. The summed E-state index contributed by atoms with van der Waals surface area (Å²) in [4.78, 5) is 13.5. The van der Waals surface area contributed by atoms with Crippen LogP contribution in [-0.2, 0) is 4.79 Å². The number of carbonyl (C=O) groups is 1. The van der Waals surface area contributed by atoms with Gasteiger partial charge in [-0.25, -0.2) is 0 Å². The highest BCUT2D eigenvalue weighted by molar-refractivity contribution is 5.74. The Morgan fingerprint density at radius 1 is 1.42 bits per heavy atom. The average Bonchev–Trinajstić information content (AvgIpc) is 2.75. The Hall–Kier alpha value is -1.55. The molecule has 0 bridgehead atoms. The molecule has 4 heteroatoms. The Labute approximate surface area is 113 Å². The first-order valence-electron chi connectivity index (χ1n) is 6.82. The van der Waals surface area contributed by atoms with Crippen molar-refractivity contribution in [2.24, 2.45) is 5.92 Å². The van der Waals surface area contributed by atoms with E-state index in [2.05, 4.69) is 11.8 Å². The number of rotatable bonds is 4. The number of phenols is 1. The Morgan fingerprint density at radius 2 is 2.05 bits per heavy atom. The zero-order valence-corrected chi connectivity index (χ0v) is 11.4. The summed E-state index contributed by atoms with van der Waals surface area (Å²) in [5.41, 5.74) is 1.07. The van der Waals surface area contributed by atoms with Gasteiger partial charge in [-0.1, -0.05) is 26.0 Å². The molecule has 2 rings (SSSR count). The van der Waals surface area contributed by atoms with Crippen molar-refractivity contribution in [2.75, 3.05) is 6.54 Å². The van der Waals surface area contributed by atoms with Crippen molar-refractivity contribution in [3.63, 3.8) is 0 Å². The maximum absolute atomic E-state index is 11.4. The van der Waals surface area contributed by atoms with Gasteiger partial charge in [0.15, 0.2) is 0 Å². The van der Waals surface area contributed by atoms with Gasteiger partial charge in [-0.2, -0.15) is 0 Å². The Kier molecular flexibility index (Phi) is 4.10. The van der Waals surface area contributed by atoms with Gasteiger partial charge in [0.25, 0.3) is 0 Å². The molecule has 1 fully saturated rings. The molecule has 1 aromatic carbocycles. The first-order valence-corrected chi connectivity index (χ1v) is 6.82. The Morgan fingerprint density at radius 3 is 2.58 bits per heavy atom. The molecule has 4 nitrogen and oxygen atoms in total. The zero-order valence-electron chi connectivity index (χ0n) is 11.4. The van der Waals surface area contributed by atoms with Crippen LogP contribution < -0.4 is 0 Å².